The molecule has 0 fully saturated rings. The lowest BCUT2D eigenvalue weighted by molar-refractivity contribution is 0.615. The number of unbranched alkanes of at least 4 members (excludes halogenated alkanes) is 1. The number of rotatable bonds is 6. The summed E-state index contributed by atoms with van der Waals surface area (Å²) >= 11 is 0. The predicted octanol–water partition coefficient (Wildman–Crippen LogP) is 1.39. The van der Waals surface area contributed by atoms with E-state index in [-0.39, 0.29) is 0 Å². The lowest BCUT2D eigenvalue weighted by atomic mass is 10.3. The van der Waals surface area contributed by atoms with Gasteiger partial charge in [-0.15, -0.1) is 0 Å². The number of nitrogens with zero attached hydrogens (tertiary/aromatic N) is 1. The van der Waals surface area contributed by atoms with Gasteiger partial charge in [-0.1, -0.05) is 12.1 Å². The van der Waals surface area contributed by atoms with Gasteiger partial charge in [-0.2, -0.15) is 0 Å². The van der Waals surface area contributed by atoms with Crippen molar-refractivity contribution < 1.29 is 0 Å². The van der Waals surface area contributed by atoms with Gasteiger partial charge >= 0.3 is 0 Å². The number of nitrogens with two attached hydrogens (primary N) is 1. The summed E-state index contributed by atoms with van der Waals surface area (Å²) in [4.78, 5) is 7.78. The first kappa shape index (κ1) is 11.1. The fraction of sp³-hybridized carbons (Fsp3) is 0.417. The Balaban J connectivity index is 1.85. The molecule has 1 aromatic carbocycles. The molecule has 0 aliphatic carbocycles. The maximum absolute atomic E-state index is 5.43. The van der Waals surface area contributed by atoms with Crippen LogP contribution in [0.2, 0.25) is 0 Å². The van der Waals surface area contributed by atoms with Crippen LogP contribution in [0.3, 0.4) is 0 Å². The minimum Gasteiger partial charge on any atom is -0.341 e. The fourth-order valence-electron chi connectivity index (χ4n) is 1.69. The maximum atomic E-state index is 5.43. The van der Waals surface area contributed by atoms with Gasteiger partial charge in [0.05, 0.1) is 17.6 Å². The molecular weight excluding hydrogens is 200 g/mol. The number of nitrogens with one attached hydrogen (secondary N) is 2. The molecule has 0 bridgehead atoms. The van der Waals surface area contributed by atoms with Gasteiger partial charge in [0.25, 0.3) is 0 Å². The molecule has 0 amide bonds. The highest BCUT2D eigenvalue weighted by molar-refractivity contribution is 5.74. The van der Waals surface area contributed by atoms with Crippen LogP contribution < -0.4 is 11.1 Å². The van der Waals surface area contributed by atoms with E-state index in [9.17, 15) is 0 Å². The monoisotopic (exact) mass is 218 g/mol. The molecule has 0 saturated heterocycles. The highest BCUT2D eigenvalue weighted by Gasteiger charge is 2.00. The predicted molar refractivity (Wildman–Crippen MR) is 66.1 cm³/mol. The Kier molecular flexibility index (Phi) is 3.91. The van der Waals surface area contributed by atoms with E-state index in [1.165, 1.54) is 0 Å². The second-order valence-corrected chi connectivity index (χ2v) is 3.87. The van der Waals surface area contributed by atoms with E-state index >= 15 is 0 Å². The topological polar surface area (TPSA) is 66.7 Å². The van der Waals surface area contributed by atoms with Crippen LogP contribution in [0.25, 0.3) is 11.0 Å². The molecule has 86 valence electrons. The third-order valence-electron chi connectivity index (χ3n) is 2.54. The maximum Gasteiger partial charge on any atom is 0.121 e. The lowest BCUT2D eigenvalue weighted by Gasteiger charge is -2.00. The van der Waals surface area contributed by atoms with Crippen LogP contribution in [0.5, 0.6) is 0 Å². The van der Waals surface area contributed by atoms with Gasteiger partial charge < -0.3 is 16.0 Å². The van der Waals surface area contributed by atoms with Crippen molar-refractivity contribution >= 4 is 11.0 Å². The van der Waals surface area contributed by atoms with Crippen molar-refractivity contribution in [1.82, 2.24) is 15.3 Å². The zero-order valence-corrected chi connectivity index (χ0v) is 9.37. The Morgan fingerprint density at radius 2 is 2.12 bits per heavy atom. The molecule has 0 radical (unpaired) electrons. The highest BCUT2D eigenvalue weighted by atomic mass is 15.0. The average molecular weight is 218 g/mol. The summed E-state index contributed by atoms with van der Waals surface area (Å²) in [6, 6.07) is 8.07. The van der Waals surface area contributed by atoms with Gasteiger partial charge in [0, 0.05) is 0 Å². The second kappa shape index (κ2) is 5.63. The summed E-state index contributed by atoms with van der Waals surface area (Å²) in [6.45, 7) is 2.56. The smallest absolute Gasteiger partial charge is 0.121 e. The number of aromatic nitrogens is 2. The Morgan fingerprint density at radius 1 is 1.25 bits per heavy atom. The minimum atomic E-state index is 0.770. The number of aromatic amines is 1. The molecule has 16 heavy (non-hydrogen) atoms. The third-order valence-corrected chi connectivity index (χ3v) is 2.54. The van der Waals surface area contributed by atoms with Crippen molar-refractivity contribution in [3.8, 4) is 0 Å². The molecule has 4 N–H and O–H groups in total. The van der Waals surface area contributed by atoms with Crippen LogP contribution >= 0.6 is 0 Å². The largest absolute Gasteiger partial charge is 0.341 e. The van der Waals surface area contributed by atoms with E-state index < -0.39 is 0 Å². The zero-order chi connectivity index (χ0) is 11.2. The quantitative estimate of drug-likeness (QED) is 0.642. The minimum absolute atomic E-state index is 0.770. The molecule has 0 aliphatic heterocycles. The first-order valence-electron chi connectivity index (χ1n) is 5.74. The Hall–Kier alpha value is -1.39. The van der Waals surface area contributed by atoms with Crippen molar-refractivity contribution in [2.45, 2.75) is 19.4 Å². The highest BCUT2D eigenvalue weighted by Crippen LogP contribution is 2.09. The molecule has 1 aromatic heterocycles. The first-order chi connectivity index (χ1) is 7.90. The van der Waals surface area contributed by atoms with Crippen molar-refractivity contribution in [3.05, 3.63) is 30.1 Å². The molecule has 0 aliphatic rings. The molecule has 0 atom stereocenters. The van der Waals surface area contributed by atoms with E-state index in [1.807, 2.05) is 24.3 Å². The lowest BCUT2D eigenvalue weighted by Crippen LogP contribution is -2.16. The molecule has 0 unspecified atom stereocenters. The van der Waals surface area contributed by atoms with Crippen molar-refractivity contribution in [1.29, 1.82) is 0 Å². The number of fused-ring (bicyclic) bond motifs is 1. The summed E-state index contributed by atoms with van der Waals surface area (Å²) < 4.78 is 0. The van der Waals surface area contributed by atoms with Gasteiger partial charge in [-0.05, 0) is 38.1 Å². The SMILES string of the molecule is NCCCCNCc1nc2ccccc2[nH]1. The summed E-state index contributed by atoms with van der Waals surface area (Å²) in [6.07, 6.45) is 2.20. The number of benzene rings is 1. The van der Waals surface area contributed by atoms with E-state index in [0.29, 0.717) is 0 Å². The van der Waals surface area contributed by atoms with Gasteiger partial charge in [0.2, 0.25) is 0 Å². The number of hydrogen-bond acceptors (Lipinski definition) is 3. The van der Waals surface area contributed by atoms with E-state index in [1.54, 1.807) is 0 Å². The number of para-hydroxylation sites is 2. The van der Waals surface area contributed by atoms with Crippen LogP contribution in [0.15, 0.2) is 24.3 Å². The van der Waals surface area contributed by atoms with Crippen LogP contribution in [0, 0.1) is 0 Å². The third kappa shape index (κ3) is 2.81. The van der Waals surface area contributed by atoms with Crippen LogP contribution in [0.1, 0.15) is 18.7 Å². The molecule has 2 rings (SSSR count). The number of hydrogen-bond donors (Lipinski definition) is 3. The summed E-state index contributed by atoms with van der Waals surface area (Å²) in [5.41, 5.74) is 7.55. The second-order valence-electron chi connectivity index (χ2n) is 3.87. The van der Waals surface area contributed by atoms with Crippen LogP contribution in [-0.4, -0.2) is 23.1 Å². The van der Waals surface area contributed by atoms with Crippen molar-refractivity contribution in [2.75, 3.05) is 13.1 Å². The normalized spacial score (nSPS) is 11.1. The molecule has 4 heteroatoms. The van der Waals surface area contributed by atoms with E-state index in [2.05, 4.69) is 15.3 Å². The number of H-pyrrole nitrogens is 1. The van der Waals surface area contributed by atoms with E-state index in [4.69, 9.17) is 5.73 Å². The molecule has 0 saturated carbocycles. The van der Waals surface area contributed by atoms with Crippen molar-refractivity contribution in [3.63, 3.8) is 0 Å². The van der Waals surface area contributed by atoms with Gasteiger partial charge in [0.1, 0.15) is 5.82 Å². The van der Waals surface area contributed by atoms with Crippen molar-refractivity contribution in [2.24, 2.45) is 5.73 Å². The molecule has 1 heterocycles. The fourth-order valence-corrected chi connectivity index (χ4v) is 1.69. The standard InChI is InChI=1S/C12H18N4/c13-7-3-4-8-14-9-12-15-10-5-1-2-6-11(10)16-12/h1-2,5-6,14H,3-4,7-9,13H2,(H,15,16). The van der Waals surface area contributed by atoms with Gasteiger partial charge in [-0.25, -0.2) is 4.98 Å². The van der Waals surface area contributed by atoms with Crippen LogP contribution in [-0.2, 0) is 6.54 Å². The Bertz CT molecular complexity index is 402. The van der Waals surface area contributed by atoms with Gasteiger partial charge in [-0.3, -0.25) is 0 Å². The van der Waals surface area contributed by atoms with Gasteiger partial charge in [0.15, 0.2) is 0 Å². The summed E-state index contributed by atoms with van der Waals surface area (Å²) in [5.74, 6) is 0.994. The molecule has 4 nitrogen and oxygen atoms in total. The summed E-state index contributed by atoms with van der Waals surface area (Å²) in [7, 11) is 0. The average Bonchev–Trinajstić information content (AvgIpc) is 2.71. The first-order valence-corrected chi connectivity index (χ1v) is 5.74. The Morgan fingerprint density at radius 3 is 2.94 bits per heavy atom. The zero-order valence-electron chi connectivity index (χ0n) is 9.37. The molecule has 2 aromatic rings. The number of imidazole rings is 1. The van der Waals surface area contributed by atoms with E-state index in [0.717, 1.165) is 49.3 Å². The Labute approximate surface area is 95.3 Å². The summed E-state index contributed by atoms with van der Waals surface area (Å²) in [5, 5.41) is 3.35. The van der Waals surface area contributed by atoms with Crippen LogP contribution in [0.4, 0.5) is 0 Å². The molecular formula is C12H18N4. The molecule has 0 spiro atoms.